The van der Waals surface area contributed by atoms with Crippen LogP contribution in [0.2, 0.25) is 0 Å². The molecule has 36 heavy (non-hydrogen) atoms. The molecule has 0 aromatic heterocycles. The monoisotopic (exact) mass is 510 g/mol. The lowest BCUT2D eigenvalue weighted by atomic mass is 9.98. The molecule has 1 fully saturated rings. The summed E-state index contributed by atoms with van der Waals surface area (Å²) in [7, 11) is 1.37. The molecule has 0 radical (unpaired) electrons. The van der Waals surface area contributed by atoms with Crippen molar-refractivity contribution in [3.8, 4) is 11.5 Å². The van der Waals surface area contributed by atoms with Gasteiger partial charge in [-0.15, -0.1) is 0 Å². The highest BCUT2D eigenvalue weighted by atomic mass is 16.7. The molecular formula is C24H30O12. The summed E-state index contributed by atoms with van der Waals surface area (Å²) in [5.41, 5.74) is 0.392. The van der Waals surface area contributed by atoms with Crippen LogP contribution in [0.15, 0.2) is 18.2 Å². The Balaban J connectivity index is 2.52. The van der Waals surface area contributed by atoms with E-state index in [2.05, 4.69) is 0 Å². The summed E-state index contributed by atoms with van der Waals surface area (Å²) >= 11 is 0. The Kier molecular flexibility index (Phi) is 10.2. The molecule has 1 aromatic carbocycles. The van der Waals surface area contributed by atoms with Gasteiger partial charge in [0.2, 0.25) is 12.4 Å². The minimum atomic E-state index is -1.42. The number of methoxy groups -OCH3 is 1. The number of benzene rings is 1. The molecule has 0 bridgehead atoms. The second-order valence-electron chi connectivity index (χ2n) is 7.83. The van der Waals surface area contributed by atoms with Crippen molar-refractivity contribution in [2.45, 2.75) is 71.7 Å². The average molecular weight is 510 g/mol. The molecule has 1 saturated heterocycles. The fourth-order valence-corrected chi connectivity index (χ4v) is 3.55. The van der Waals surface area contributed by atoms with E-state index in [9.17, 15) is 24.0 Å². The van der Waals surface area contributed by atoms with Crippen molar-refractivity contribution in [1.82, 2.24) is 0 Å². The SMILES string of the molecule is CCC(=O)c1ccc(O[C@H]2O[C@@H](COC(C)=O)[C@H](OC(C)=O)[C@@H](OC(C)=O)[C@@H]2OC(C)=O)c(OC)c1. The van der Waals surface area contributed by atoms with Gasteiger partial charge >= 0.3 is 23.9 Å². The second-order valence-corrected chi connectivity index (χ2v) is 7.83. The van der Waals surface area contributed by atoms with E-state index in [1.54, 1.807) is 6.92 Å². The van der Waals surface area contributed by atoms with Gasteiger partial charge in [0.1, 0.15) is 12.7 Å². The van der Waals surface area contributed by atoms with Gasteiger partial charge < -0.3 is 33.2 Å². The number of rotatable bonds is 10. The van der Waals surface area contributed by atoms with Crippen molar-refractivity contribution >= 4 is 29.7 Å². The van der Waals surface area contributed by atoms with Gasteiger partial charge in [-0.25, -0.2) is 0 Å². The zero-order chi connectivity index (χ0) is 27.0. The Morgan fingerprint density at radius 3 is 1.92 bits per heavy atom. The van der Waals surface area contributed by atoms with E-state index in [4.69, 9.17) is 33.2 Å². The van der Waals surface area contributed by atoms with Gasteiger partial charge in [0.15, 0.2) is 29.5 Å². The Hall–Kier alpha value is -3.67. The molecule has 1 heterocycles. The first-order valence-electron chi connectivity index (χ1n) is 11.1. The Bertz CT molecular complexity index is 987. The summed E-state index contributed by atoms with van der Waals surface area (Å²) in [4.78, 5) is 59.2. The average Bonchev–Trinajstić information content (AvgIpc) is 2.80. The molecule has 0 amide bonds. The van der Waals surface area contributed by atoms with E-state index in [0.29, 0.717) is 5.56 Å². The fourth-order valence-electron chi connectivity index (χ4n) is 3.55. The maximum atomic E-state index is 12.1. The van der Waals surface area contributed by atoms with Crippen molar-refractivity contribution in [1.29, 1.82) is 0 Å². The van der Waals surface area contributed by atoms with Crippen molar-refractivity contribution in [3.05, 3.63) is 23.8 Å². The van der Waals surface area contributed by atoms with Gasteiger partial charge in [0, 0.05) is 39.7 Å². The first-order chi connectivity index (χ1) is 17.0. The minimum absolute atomic E-state index is 0.117. The first kappa shape index (κ1) is 28.6. The van der Waals surface area contributed by atoms with E-state index in [0.717, 1.165) is 20.8 Å². The molecule has 1 aliphatic heterocycles. The number of carbonyl (C=O) groups excluding carboxylic acids is 5. The third kappa shape index (κ3) is 7.67. The summed E-state index contributed by atoms with van der Waals surface area (Å²) in [5, 5.41) is 0. The highest BCUT2D eigenvalue weighted by molar-refractivity contribution is 5.96. The number of ketones is 1. The van der Waals surface area contributed by atoms with Crippen LogP contribution in [0.25, 0.3) is 0 Å². The predicted octanol–water partition coefficient (Wildman–Crippen LogP) is 1.75. The molecule has 2 rings (SSSR count). The number of esters is 4. The maximum absolute atomic E-state index is 12.1. The van der Waals surface area contributed by atoms with Gasteiger partial charge in [-0.05, 0) is 18.2 Å². The third-order valence-electron chi connectivity index (χ3n) is 5.00. The van der Waals surface area contributed by atoms with Gasteiger partial charge in [0.25, 0.3) is 0 Å². The normalized spacial score (nSPS) is 23.1. The molecule has 1 aliphatic rings. The number of ether oxygens (including phenoxy) is 7. The van der Waals surface area contributed by atoms with Crippen molar-refractivity contribution in [2.24, 2.45) is 0 Å². The maximum Gasteiger partial charge on any atom is 0.303 e. The van der Waals surface area contributed by atoms with Crippen molar-refractivity contribution in [2.75, 3.05) is 13.7 Å². The highest BCUT2D eigenvalue weighted by Gasteiger charge is 2.53. The minimum Gasteiger partial charge on any atom is -0.493 e. The summed E-state index contributed by atoms with van der Waals surface area (Å²) in [6.45, 7) is 5.87. The molecule has 198 valence electrons. The molecule has 0 aliphatic carbocycles. The van der Waals surface area contributed by atoms with E-state index in [1.807, 2.05) is 0 Å². The smallest absolute Gasteiger partial charge is 0.303 e. The van der Waals surface area contributed by atoms with E-state index < -0.39 is 61.2 Å². The Morgan fingerprint density at radius 2 is 1.39 bits per heavy atom. The molecule has 1 aromatic rings. The zero-order valence-corrected chi connectivity index (χ0v) is 20.9. The lowest BCUT2D eigenvalue weighted by Gasteiger charge is -2.44. The van der Waals surface area contributed by atoms with Crippen LogP contribution >= 0.6 is 0 Å². The van der Waals surface area contributed by atoms with Crippen LogP contribution < -0.4 is 9.47 Å². The van der Waals surface area contributed by atoms with E-state index >= 15 is 0 Å². The van der Waals surface area contributed by atoms with Gasteiger partial charge in [-0.2, -0.15) is 0 Å². The van der Waals surface area contributed by atoms with Crippen LogP contribution in [0.1, 0.15) is 51.4 Å². The fraction of sp³-hybridized carbons (Fsp3) is 0.542. The first-order valence-corrected chi connectivity index (χ1v) is 11.1. The van der Waals surface area contributed by atoms with E-state index in [1.165, 1.54) is 32.2 Å². The number of hydrogen-bond acceptors (Lipinski definition) is 12. The van der Waals surface area contributed by atoms with Crippen LogP contribution in [0.4, 0.5) is 0 Å². The molecule has 0 N–H and O–H groups in total. The summed E-state index contributed by atoms with van der Waals surface area (Å²) in [6, 6.07) is 4.47. The van der Waals surface area contributed by atoms with Crippen LogP contribution in [0.3, 0.4) is 0 Å². The lowest BCUT2D eigenvalue weighted by Crippen LogP contribution is -2.63. The lowest BCUT2D eigenvalue weighted by molar-refractivity contribution is -0.288. The van der Waals surface area contributed by atoms with Crippen LogP contribution in [0.5, 0.6) is 11.5 Å². The van der Waals surface area contributed by atoms with Gasteiger partial charge in [0.05, 0.1) is 7.11 Å². The largest absolute Gasteiger partial charge is 0.493 e. The second kappa shape index (κ2) is 12.9. The van der Waals surface area contributed by atoms with Gasteiger partial charge in [-0.3, -0.25) is 24.0 Å². The van der Waals surface area contributed by atoms with Crippen LogP contribution in [-0.4, -0.2) is 74.1 Å². The molecule has 0 spiro atoms. The Labute approximate surface area is 208 Å². The van der Waals surface area contributed by atoms with Crippen LogP contribution in [-0.2, 0) is 42.9 Å². The summed E-state index contributed by atoms with van der Waals surface area (Å²) in [6.07, 6.45) is -6.38. The number of carbonyl (C=O) groups is 5. The van der Waals surface area contributed by atoms with Crippen LogP contribution in [0, 0.1) is 0 Å². The highest BCUT2D eigenvalue weighted by Crippen LogP contribution is 2.35. The molecule has 0 saturated carbocycles. The molecule has 12 heteroatoms. The molecule has 5 atom stereocenters. The standard InChI is InChI=1S/C24H30O12/c1-7-17(29)16-8-9-18(19(10-16)30-6)35-24-23(34-15(5)28)22(33-14(4)27)21(32-13(3)26)20(36-24)11-31-12(2)25/h8-10,20-24H,7,11H2,1-6H3/t20-,21-,22+,23-,24-/m0/s1. The molecular weight excluding hydrogens is 480 g/mol. The van der Waals surface area contributed by atoms with Gasteiger partial charge in [-0.1, -0.05) is 6.92 Å². The molecule has 12 nitrogen and oxygen atoms in total. The topological polar surface area (TPSA) is 150 Å². The summed E-state index contributed by atoms with van der Waals surface area (Å²) in [5.74, 6) is -2.72. The number of Topliss-reactive ketones (excluding diaryl/α,β-unsaturated/α-hetero) is 1. The van der Waals surface area contributed by atoms with Crippen molar-refractivity contribution in [3.63, 3.8) is 0 Å². The Morgan fingerprint density at radius 1 is 0.806 bits per heavy atom. The quantitative estimate of drug-likeness (QED) is 0.256. The summed E-state index contributed by atoms with van der Waals surface area (Å²) < 4.78 is 38.3. The number of hydrogen-bond donors (Lipinski definition) is 0. The van der Waals surface area contributed by atoms with Crippen molar-refractivity contribution < 1.29 is 57.1 Å². The zero-order valence-electron chi connectivity index (χ0n) is 20.9. The molecule has 0 unspecified atom stereocenters. The predicted molar refractivity (Wildman–Crippen MR) is 120 cm³/mol. The van der Waals surface area contributed by atoms with E-state index in [-0.39, 0.29) is 23.7 Å². The third-order valence-corrected chi connectivity index (χ3v) is 5.00.